The summed E-state index contributed by atoms with van der Waals surface area (Å²) < 4.78 is 13.5. The minimum atomic E-state index is -0.439. The van der Waals surface area contributed by atoms with E-state index in [0.717, 1.165) is 5.56 Å². The number of benzene rings is 2. The molecule has 0 amide bonds. The molecule has 0 spiro atoms. The van der Waals surface area contributed by atoms with Crippen molar-refractivity contribution in [1.82, 2.24) is 0 Å². The molecule has 0 saturated carbocycles. The molecule has 104 valence electrons. The zero-order valence-corrected chi connectivity index (χ0v) is 10.8. The summed E-state index contributed by atoms with van der Waals surface area (Å²) >= 11 is 0. The Morgan fingerprint density at radius 2 is 1.90 bits per heavy atom. The molecule has 0 aliphatic carbocycles. The second kappa shape index (κ2) is 6.25. The molecule has 4 nitrogen and oxygen atoms in total. The van der Waals surface area contributed by atoms with E-state index in [0.29, 0.717) is 18.4 Å². The fourth-order valence-electron chi connectivity index (χ4n) is 2.12. The number of nitrogens with two attached hydrogens (primary N) is 1. The van der Waals surface area contributed by atoms with Gasteiger partial charge in [0.05, 0.1) is 4.92 Å². The fraction of sp³-hybridized carbons (Fsp3) is 0.200. The molecule has 0 saturated heterocycles. The molecule has 20 heavy (non-hydrogen) atoms. The zero-order valence-electron chi connectivity index (χ0n) is 10.8. The second-order valence-corrected chi connectivity index (χ2v) is 4.69. The first kappa shape index (κ1) is 14.1. The summed E-state index contributed by atoms with van der Waals surface area (Å²) in [5.74, 6) is -0.276. The molecule has 2 rings (SSSR count). The van der Waals surface area contributed by atoms with Crippen molar-refractivity contribution in [3.8, 4) is 0 Å². The quantitative estimate of drug-likeness (QED) is 0.673. The largest absolute Gasteiger partial charge is 0.327 e. The van der Waals surface area contributed by atoms with Crippen LogP contribution in [0.3, 0.4) is 0 Å². The molecule has 1 atom stereocenters. The maximum Gasteiger partial charge on any atom is 0.269 e. The number of non-ortho nitro benzene ring substituents is 1. The van der Waals surface area contributed by atoms with E-state index >= 15 is 0 Å². The third-order valence-electron chi connectivity index (χ3n) is 3.06. The smallest absolute Gasteiger partial charge is 0.269 e. The Hall–Kier alpha value is -2.27. The number of nitro benzene ring substituents is 1. The fourth-order valence-corrected chi connectivity index (χ4v) is 2.12. The first-order chi connectivity index (χ1) is 9.56. The van der Waals surface area contributed by atoms with Crippen LogP contribution in [-0.2, 0) is 12.8 Å². The molecule has 1 unspecified atom stereocenters. The van der Waals surface area contributed by atoms with Crippen LogP contribution >= 0.6 is 0 Å². The lowest BCUT2D eigenvalue weighted by molar-refractivity contribution is -0.384. The van der Waals surface area contributed by atoms with E-state index in [1.54, 1.807) is 30.3 Å². The van der Waals surface area contributed by atoms with Crippen LogP contribution in [-0.4, -0.2) is 11.0 Å². The van der Waals surface area contributed by atoms with Crippen molar-refractivity contribution in [1.29, 1.82) is 0 Å². The lowest BCUT2D eigenvalue weighted by Crippen LogP contribution is -2.26. The van der Waals surface area contributed by atoms with Gasteiger partial charge in [0.1, 0.15) is 5.82 Å². The first-order valence-corrected chi connectivity index (χ1v) is 6.28. The molecule has 2 aromatic rings. The van der Waals surface area contributed by atoms with E-state index in [1.165, 1.54) is 18.2 Å². The Morgan fingerprint density at radius 1 is 1.15 bits per heavy atom. The number of nitrogens with zero attached hydrogens (tertiary/aromatic N) is 1. The van der Waals surface area contributed by atoms with E-state index in [1.807, 2.05) is 0 Å². The van der Waals surface area contributed by atoms with Gasteiger partial charge in [-0.1, -0.05) is 30.3 Å². The summed E-state index contributed by atoms with van der Waals surface area (Å²) in [7, 11) is 0. The van der Waals surface area contributed by atoms with Crippen molar-refractivity contribution >= 4 is 5.69 Å². The number of rotatable bonds is 5. The van der Waals surface area contributed by atoms with E-state index in [2.05, 4.69) is 0 Å². The van der Waals surface area contributed by atoms with Gasteiger partial charge in [-0.05, 0) is 30.0 Å². The van der Waals surface area contributed by atoms with Crippen molar-refractivity contribution in [3.05, 3.63) is 75.6 Å². The van der Waals surface area contributed by atoms with E-state index in [4.69, 9.17) is 5.73 Å². The van der Waals surface area contributed by atoms with Crippen LogP contribution in [0.4, 0.5) is 10.1 Å². The summed E-state index contributed by atoms with van der Waals surface area (Å²) in [5.41, 5.74) is 7.38. The maximum absolute atomic E-state index is 13.5. The molecule has 0 aromatic heterocycles. The normalized spacial score (nSPS) is 12.1. The van der Waals surface area contributed by atoms with Gasteiger partial charge in [0.15, 0.2) is 0 Å². The van der Waals surface area contributed by atoms with Crippen LogP contribution in [0.1, 0.15) is 11.1 Å². The van der Waals surface area contributed by atoms with Crippen LogP contribution in [0.2, 0.25) is 0 Å². The molecule has 0 heterocycles. The average Bonchev–Trinajstić information content (AvgIpc) is 2.41. The Kier molecular flexibility index (Phi) is 4.42. The highest BCUT2D eigenvalue weighted by molar-refractivity contribution is 5.34. The van der Waals surface area contributed by atoms with Gasteiger partial charge < -0.3 is 5.73 Å². The summed E-state index contributed by atoms with van der Waals surface area (Å²) in [5, 5.41) is 10.7. The zero-order chi connectivity index (χ0) is 14.5. The molecule has 0 aliphatic heterocycles. The van der Waals surface area contributed by atoms with Crippen molar-refractivity contribution in [2.24, 2.45) is 5.73 Å². The van der Waals surface area contributed by atoms with Crippen LogP contribution in [0.15, 0.2) is 48.5 Å². The van der Waals surface area contributed by atoms with Crippen molar-refractivity contribution in [2.45, 2.75) is 18.9 Å². The predicted octanol–water partition coefficient (Wildman–Crippen LogP) is 2.85. The van der Waals surface area contributed by atoms with Gasteiger partial charge in [-0.3, -0.25) is 10.1 Å². The number of hydrogen-bond acceptors (Lipinski definition) is 3. The third-order valence-corrected chi connectivity index (χ3v) is 3.06. The standard InChI is InChI=1S/C15H15FN2O2/c16-15-7-2-1-5-12(15)10-13(17)8-11-4-3-6-14(9-11)18(19)20/h1-7,9,13H,8,10,17H2. The van der Waals surface area contributed by atoms with Crippen molar-refractivity contribution in [2.75, 3.05) is 0 Å². The number of halogens is 1. The van der Waals surface area contributed by atoms with Crippen LogP contribution < -0.4 is 5.73 Å². The van der Waals surface area contributed by atoms with E-state index in [9.17, 15) is 14.5 Å². The molecule has 0 radical (unpaired) electrons. The van der Waals surface area contributed by atoms with E-state index < -0.39 is 4.92 Å². The van der Waals surface area contributed by atoms with Crippen LogP contribution in [0.25, 0.3) is 0 Å². The maximum atomic E-state index is 13.5. The topological polar surface area (TPSA) is 69.2 Å². The Balaban J connectivity index is 2.05. The van der Waals surface area contributed by atoms with Gasteiger partial charge >= 0.3 is 0 Å². The lowest BCUT2D eigenvalue weighted by atomic mass is 9.99. The van der Waals surface area contributed by atoms with Crippen molar-refractivity contribution in [3.63, 3.8) is 0 Å². The highest BCUT2D eigenvalue weighted by Crippen LogP contribution is 2.16. The predicted molar refractivity (Wildman–Crippen MR) is 74.9 cm³/mol. The molecule has 2 N–H and O–H groups in total. The monoisotopic (exact) mass is 274 g/mol. The highest BCUT2D eigenvalue weighted by Gasteiger charge is 2.11. The molecule has 5 heteroatoms. The summed E-state index contributed by atoms with van der Waals surface area (Å²) in [6, 6.07) is 12.6. The van der Waals surface area contributed by atoms with Gasteiger partial charge in [0, 0.05) is 18.2 Å². The minimum absolute atomic E-state index is 0.0422. The first-order valence-electron chi connectivity index (χ1n) is 6.28. The molecule has 0 bridgehead atoms. The molecular weight excluding hydrogens is 259 g/mol. The Labute approximate surface area is 116 Å². The van der Waals surface area contributed by atoms with Gasteiger partial charge in [-0.25, -0.2) is 4.39 Å². The Bertz CT molecular complexity index is 616. The average molecular weight is 274 g/mol. The van der Waals surface area contributed by atoms with Crippen molar-refractivity contribution < 1.29 is 9.31 Å². The van der Waals surface area contributed by atoms with E-state index in [-0.39, 0.29) is 17.5 Å². The SMILES string of the molecule is NC(Cc1cccc([N+](=O)[O-])c1)Cc1ccccc1F. The van der Waals surface area contributed by atoms with Gasteiger partial charge in [-0.15, -0.1) is 0 Å². The third kappa shape index (κ3) is 3.61. The Morgan fingerprint density at radius 3 is 2.60 bits per heavy atom. The number of hydrogen-bond donors (Lipinski definition) is 1. The molecule has 0 aliphatic rings. The molecule has 0 fully saturated rings. The highest BCUT2D eigenvalue weighted by atomic mass is 19.1. The second-order valence-electron chi connectivity index (χ2n) is 4.69. The summed E-state index contributed by atoms with van der Waals surface area (Å²) in [6.45, 7) is 0. The van der Waals surface area contributed by atoms with Crippen LogP contribution in [0.5, 0.6) is 0 Å². The summed E-state index contributed by atoms with van der Waals surface area (Å²) in [4.78, 5) is 10.3. The van der Waals surface area contributed by atoms with Crippen LogP contribution in [0, 0.1) is 15.9 Å². The lowest BCUT2D eigenvalue weighted by Gasteiger charge is -2.12. The van der Waals surface area contributed by atoms with Gasteiger partial charge in [0.2, 0.25) is 0 Å². The minimum Gasteiger partial charge on any atom is -0.327 e. The molecular formula is C15H15FN2O2. The van der Waals surface area contributed by atoms with Gasteiger partial charge in [-0.2, -0.15) is 0 Å². The number of nitro groups is 1. The van der Waals surface area contributed by atoms with Gasteiger partial charge in [0.25, 0.3) is 5.69 Å². The molecule has 2 aromatic carbocycles. The summed E-state index contributed by atoms with van der Waals surface area (Å²) in [6.07, 6.45) is 0.866.